The third-order valence-corrected chi connectivity index (χ3v) is 6.41. The number of halogens is 2. The number of nitrogens with one attached hydrogen (secondary N) is 1. The van der Waals surface area contributed by atoms with E-state index in [-0.39, 0.29) is 10.9 Å². The molecule has 1 saturated carbocycles. The van der Waals surface area contributed by atoms with Gasteiger partial charge in [0.25, 0.3) is 0 Å². The molecule has 1 aromatic carbocycles. The van der Waals surface area contributed by atoms with Gasteiger partial charge < -0.3 is 0 Å². The third kappa shape index (κ3) is 3.59. The summed E-state index contributed by atoms with van der Waals surface area (Å²) in [7, 11) is -3.59. The summed E-state index contributed by atoms with van der Waals surface area (Å²) in [5.74, 6) is -0.404. The van der Waals surface area contributed by atoms with Gasteiger partial charge in [-0.25, -0.2) is 17.5 Å². The maximum absolute atomic E-state index is 13.3. The van der Waals surface area contributed by atoms with E-state index in [1.807, 2.05) is 0 Å². The van der Waals surface area contributed by atoms with Crippen LogP contribution in [-0.2, 0) is 10.0 Å². The quantitative estimate of drug-likeness (QED) is 0.836. The monoisotopic (exact) mass is 363 g/mol. The predicted molar refractivity (Wildman–Crippen MR) is 81.2 cm³/mol. The molecule has 0 spiro atoms. The molecular formula is C14H19BrFNO2S. The molecule has 0 radical (unpaired) electrons. The highest BCUT2D eigenvalue weighted by Crippen LogP contribution is 2.27. The second-order valence-electron chi connectivity index (χ2n) is 5.44. The molecule has 2 rings (SSSR count). The smallest absolute Gasteiger partial charge is 0.208 e. The Balaban J connectivity index is 2.23. The molecule has 6 heteroatoms. The minimum absolute atomic E-state index is 0.0300. The van der Waals surface area contributed by atoms with Crippen LogP contribution in [0.5, 0.6) is 0 Å². The third-order valence-electron chi connectivity index (χ3n) is 3.67. The van der Waals surface area contributed by atoms with E-state index < -0.39 is 15.8 Å². The lowest BCUT2D eigenvalue weighted by Gasteiger charge is -2.26. The van der Waals surface area contributed by atoms with E-state index in [2.05, 4.69) is 20.7 Å². The van der Waals surface area contributed by atoms with Crippen molar-refractivity contribution in [1.82, 2.24) is 4.72 Å². The van der Waals surface area contributed by atoms with Gasteiger partial charge in [0.05, 0.1) is 4.90 Å². The summed E-state index contributed by atoms with van der Waals surface area (Å²) < 4.78 is 41.0. The molecule has 20 heavy (non-hydrogen) atoms. The molecule has 0 amide bonds. The van der Waals surface area contributed by atoms with Gasteiger partial charge in [0.15, 0.2) is 0 Å². The number of benzene rings is 1. The first-order valence-electron chi connectivity index (χ1n) is 6.73. The van der Waals surface area contributed by atoms with Gasteiger partial charge in [-0.15, -0.1) is 0 Å². The van der Waals surface area contributed by atoms with E-state index in [1.54, 1.807) is 13.8 Å². The Morgan fingerprint density at radius 2 is 1.65 bits per heavy atom. The lowest BCUT2D eigenvalue weighted by atomic mass is 9.96. The van der Waals surface area contributed by atoms with Crippen molar-refractivity contribution >= 4 is 26.0 Å². The van der Waals surface area contributed by atoms with Gasteiger partial charge in [0.2, 0.25) is 10.0 Å². The van der Waals surface area contributed by atoms with E-state index in [4.69, 9.17) is 0 Å². The van der Waals surface area contributed by atoms with Gasteiger partial charge >= 0.3 is 0 Å². The number of hydrogen-bond acceptors (Lipinski definition) is 2. The topological polar surface area (TPSA) is 46.2 Å². The molecule has 0 heterocycles. The molecule has 1 fully saturated rings. The average Bonchev–Trinajstić information content (AvgIpc) is 2.30. The molecule has 1 aliphatic carbocycles. The summed E-state index contributed by atoms with van der Waals surface area (Å²) in [6.07, 6.45) is 3.59. The number of alkyl halides is 1. The largest absolute Gasteiger partial charge is 0.241 e. The molecule has 112 valence electrons. The maximum atomic E-state index is 13.3. The van der Waals surface area contributed by atoms with E-state index in [1.165, 1.54) is 12.1 Å². The zero-order chi connectivity index (χ0) is 14.9. The van der Waals surface area contributed by atoms with Crippen LogP contribution in [0.25, 0.3) is 0 Å². The van der Waals surface area contributed by atoms with Gasteiger partial charge in [-0.1, -0.05) is 15.9 Å². The van der Waals surface area contributed by atoms with Crippen LogP contribution in [-0.4, -0.2) is 19.3 Å². The summed E-state index contributed by atoms with van der Waals surface area (Å²) in [6, 6.07) is 2.49. The van der Waals surface area contributed by atoms with Crippen molar-refractivity contribution in [3.8, 4) is 0 Å². The zero-order valence-corrected chi connectivity index (χ0v) is 14.0. The Kier molecular flexibility index (Phi) is 4.87. The standard InChI is InChI=1S/C14H19BrFNO2S/c1-9-7-12(16)8-10(2)14(9)20(18,19)17-13-5-3-11(15)4-6-13/h7-8,11,13,17H,3-6H2,1-2H3. The van der Waals surface area contributed by atoms with Crippen LogP contribution >= 0.6 is 15.9 Å². The molecule has 1 N–H and O–H groups in total. The Morgan fingerprint density at radius 1 is 1.15 bits per heavy atom. The van der Waals surface area contributed by atoms with Crippen molar-refractivity contribution in [2.75, 3.05) is 0 Å². The summed E-state index contributed by atoms with van der Waals surface area (Å²) in [6.45, 7) is 3.25. The molecule has 0 atom stereocenters. The second-order valence-corrected chi connectivity index (χ2v) is 8.38. The Hall–Kier alpha value is -0.460. The van der Waals surface area contributed by atoms with Gasteiger partial charge in [-0.2, -0.15) is 0 Å². The summed E-state index contributed by atoms with van der Waals surface area (Å²) in [4.78, 5) is 0.692. The number of hydrogen-bond donors (Lipinski definition) is 1. The van der Waals surface area contributed by atoms with Gasteiger partial charge in [-0.3, -0.25) is 0 Å². The highest BCUT2D eigenvalue weighted by molar-refractivity contribution is 9.09. The fraction of sp³-hybridized carbons (Fsp3) is 0.571. The van der Waals surface area contributed by atoms with Crippen molar-refractivity contribution in [3.63, 3.8) is 0 Å². The molecule has 1 aliphatic rings. The van der Waals surface area contributed by atoms with Crippen LogP contribution in [0, 0.1) is 19.7 Å². The highest BCUT2D eigenvalue weighted by atomic mass is 79.9. The maximum Gasteiger partial charge on any atom is 0.241 e. The number of rotatable bonds is 3. The van der Waals surface area contributed by atoms with E-state index in [9.17, 15) is 12.8 Å². The predicted octanol–water partition coefficient (Wildman–Crippen LogP) is 3.43. The SMILES string of the molecule is Cc1cc(F)cc(C)c1S(=O)(=O)NC1CCC(Br)CC1. The van der Waals surface area contributed by atoms with Crippen LogP contribution in [0.1, 0.15) is 36.8 Å². The first-order chi connectivity index (χ1) is 9.29. The zero-order valence-electron chi connectivity index (χ0n) is 11.6. The van der Waals surface area contributed by atoms with Crippen molar-refractivity contribution in [2.24, 2.45) is 0 Å². The normalized spacial score (nSPS) is 23.8. The van der Waals surface area contributed by atoms with Crippen molar-refractivity contribution in [3.05, 3.63) is 29.1 Å². The van der Waals surface area contributed by atoms with E-state index in [0.717, 1.165) is 25.7 Å². The first-order valence-corrected chi connectivity index (χ1v) is 9.12. The Bertz CT molecular complexity index is 572. The molecule has 0 aliphatic heterocycles. The first kappa shape index (κ1) is 15.9. The molecular weight excluding hydrogens is 345 g/mol. The van der Waals surface area contributed by atoms with Crippen LogP contribution in [0.3, 0.4) is 0 Å². The van der Waals surface area contributed by atoms with Crippen LogP contribution in [0.2, 0.25) is 0 Å². The minimum atomic E-state index is -3.59. The van der Waals surface area contributed by atoms with Crippen LogP contribution < -0.4 is 4.72 Å². The van der Waals surface area contributed by atoms with E-state index in [0.29, 0.717) is 16.0 Å². The minimum Gasteiger partial charge on any atom is -0.208 e. The summed E-state index contributed by atoms with van der Waals surface area (Å²) >= 11 is 3.55. The van der Waals surface area contributed by atoms with Crippen molar-refractivity contribution in [1.29, 1.82) is 0 Å². The number of sulfonamides is 1. The van der Waals surface area contributed by atoms with Gasteiger partial charge in [-0.05, 0) is 62.8 Å². The molecule has 0 saturated heterocycles. The summed E-state index contributed by atoms with van der Waals surface area (Å²) in [5, 5.41) is 0. The Morgan fingerprint density at radius 3 is 2.15 bits per heavy atom. The van der Waals surface area contributed by atoms with Crippen molar-refractivity contribution in [2.45, 2.75) is 55.3 Å². The number of aryl methyl sites for hydroxylation is 2. The van der Waals surface area contributed by atoms with Crippen LogP contribution in [0.15, 0.2) is 17.0 Å². The average molecular weight is 364 g/mol. The fourth-order valence-corrected chi connectivity index (χ4v) is 5.06. The molecule has 3 nitrogen and oxygen atoms in total. The fourth-order valence-electron chi connectivity index (χ4n) is 2.77. The molecule has 1 aromatic rings. The molecule has 0 aromatic heterocycles. The van der Waals surface area contributed by atoms with E-state index >= 15 is 0 Å². The molecule has 0 bridgehead atoms. The Labute approximate surface area is 128 Å². The lowest BCUT2D eigenvalue weighted by Crippen LogP contribution is -2.38. The summed E-state index contributed by atoms with van der Waals surface area (Å²) in [5.41, 5.74) is 0.897. The molecule has 0 unspecified atom stereocenters. The van der Waals surface area contributed by atoms with Crippen LogP contribution in [0.4, 0.5) is 4.39 Å². The van der Waals surface area contributed by atoms with Gasteiger partial charge in [0.1, 0.15) is 5.82 Å². The lowest BCUT2D eigenvalue weighted by molar-refractivity contribution is 0.422. The highest BCUT2D eigenvalue weighted by Gasteiger charge is 2.26. The van der Waals surface area contributed by atoms with Gasteiger partial charge in [0, 0.05) is 10.9 Å². The van der Waals surface area contributed by atoms with Crippen molar-refractivity contribution < 1.29 is 12.8 Å². The second kappa shape index (κ2) is 6.12.